The van der Waals surface area contributed by atoms with E-state index in [9.17, 15) is 18.0 Å². The molecule has 0 bridgehead atoms. The van der Waals surface area contributed by atoms with Crippen LogP contribution in [0.3, 0.4) is 0 Å². The van der Waals surface area contributed by atoms with Gasteiger partial charge in [0.25, 0.3) is 11.9 Å². The summed E-state index contributed by atoms with van der Waals surface area (Å²) >= 11 is 0. The fourth-order valence-corrected chi connectivity index (χ4v) is 4.52. The Hall–Kier alpha value is -4.58. The lowest BCUT2D eigenvalue weighted by atomic mass is 9.85. The second-order valence-corrected chi connectivity index (χ2v) is 12.0. The molecule has 3 amide bonds. The first-order valence-corrected chi connectivity index (χ1v) is 13.9. The molecule has 0 radical (unpaired) electrons. The number of hydrogen-bond acceptors (Lipinski definition) is 7. The molecule has 0 spiro atoms. The second-order valence-electron chi connectivity index (χ2n) is 10.0. The Kier molecular flexibility index (Phi) is 7.77. The summed E-state index contributed by atoms with van der Waals surface area (Å²) in [4.78, 5) is 25.7. The fourth-order valence-electron chi connectivity index (χ4n) is 3.85. The molecule has 0 saturated heterocycles. The molecule has 1 atom stereocenters. The van der Waals surface area contributed by atoms with Gasteiger partial charge in [0.2, 0.25) is 0 Å². The van der Waals surface area contributed by atoms with E-state index in [0.717, 1.165) is 22.9 Å². The molecule has 0 aliphatic carbocycles. The van der Waals surface area contributed by atoms with Crippen LogP contribution in [0, 0.1) is 0 Å². The molecule has 0 saturated carbocycles. The minimum atomic E-state index is -3.43. The van der Waals surface area contributed by atoms with Gasteiger partial charge in [0.05, 0.1) is 10.9 Å². The molecule has 0 aliphatic rings. The van der Waals surface area contributed by atoms with Gasteiger partial charge in [0.15, 0.2) is 9.84 Å². The summed E-state index contributed by atoms with van der Waals surface area (Å²) in [5.74, 6) is -0.357. The zero-order chi connectivity index (χ0) is 28.2. The summed E-state index contributed by atoms with van der Waals surface area (Å²) in [7, 11) is -3.43. The lowest BCUT2D eigenvalue weighted by molar-refractivity contribution is 0.102. The van der Waals surface area contributed by atoms with Crippen LogP contribution < -0.4 is 16.0 Å². The molecule has 1 unspecified atom stereocenters. The highest BCUT2D eigenvalue weighted by molar-refractivity contribution is 7.90. The van der Waals surface area contributed by atoms with Crippen LogP contribution in [-0.4, -0.2) is 47.2 Å². The van der Waals surface area contributed by atoms with Gasteiger partial charge in [0.1, 0.15) is 0 Å². The molecule has 4 aromatic rings. The van der Waals surface area contributed by atoms with Crippen LogP contribution in [0.4, 0.5) is 16.4 Å². The van der Waals surface area contributed by atoms with Gasteiger partial charge in [-0.3, -0.25) is 10.1 Å². The Morgan fingerprint density at radius 1 is 0.897 bits per heavy atom. The molecule has 39 heavy (non-hydrogen) atoms. The van der Waals surface area contributed by atoms with E-state index in [2.05, 4.69) is 57.3 Å². The summed E-state index contributed by atoms with van der Waals surface area (Å²) in [5.41, 5.74) is 3.36. The second kappa shape index (κ2) is 11.0. The number of rotatable bonds is 7. The monoisotopic (exact) mass is 547 g/mol. The molecule has 1 heterocycles. The highest BCUT2D eigenvalue weighted by Gasteiger charge is 2.20. The number of sulfone groups is 1. The number of aromatic amines is 1. The fraction of sp³-hybridized carbons (Fsp3) is 0.222. The number of hydrogen-bond donors (Lipinski definition) is 4. The number of amides is 3. The van der Waals surface area contributed by atoms with Crippen LogP contribution >= 0.6 is 0 Å². The SMILES string of the molecule is CC(C)(C)c1ccc(C(NC(=O)Nc2cccc(S(C)(=O)=O)c2)c2ccc(C(=O)Nc3nn[nH]n3)cc2)cc1. The lowest BCUT2D eigenvalue weighted by Crippen LogP contribution is -2.33. The van der Waals surface area contributed by atoms with E-state index in [1.807, 2.05) is 24.3 Å². The van der Waals surface area contributed by atoms with E-state index in [-0.39, 0.29) is 16.3 Å². The number of anilines is 2. The maximum Gasteiger partial charge on any atom is 0.319 e. The van der Waals surface area contributed by atoms with Crippen molar-refractivity contribution in [1.82, 2.24) is 25.9 Å². The average molecular weight is 548 g/mol. The number of H-pyrrole nitrogens is 1. The third-order valence-corrected chi connectivity index (χ3v) is 7.09. The number of benzene rings is 3. The van der Waals surface area contributed by atoms with Gasteiger partial charge >= 0.3 is 6.03 Å². The number of tetrazole rings is 1. The van der Waals surface area contributed by atoms with E-state index in [4.69, 9.17) is 0 Å². The van der Waals surface area contributed by atoms with Crippen molar-refractivity contribution >= 4 is 33.4 Å². The van der Waals surface area contributed by atoms with Gasteiger partial charge in [-0.25, -0.2) is 13.2 Å². The van der Waals surface area contributed by atoms with Crippen LogP contribution in [0.1, 0.15) is 53.9 Å². The van der Waals surface area contributed by atoms with E-state index in [1.165, 1.54) is 12.1 Å². The van der Waals surface area contributed by atoms with Crippen LogP contribution in [0.2, 0.25) is 0 Å². The maximum atomic E-state index is 13.1. The van der Waals surface area contributed by atoms with Crippen molar-refractivity contribution < 1.29 is 18.0 Å². The zero-order valence-electron chi connectivity index (χ0n) is 21.9. The third kappa shape index (κ3) is 7.05. The Morgan fingerprint density at radius 3 is 2.10 bits per heavy atom. The minimum absolute atomic E-state index is 0.0445. The Morgan fingerprint density at radius 2 is 1.54 bits per heavy atom. The van der Waals surface area contributed by atoms with Gasteiger partial charge in [-0.15, -0.1) is 5.10 Å². The Bertz CT molecular complexity index is 1560. The first-order chi connectivity index (χ1) is 18.4. The number of urea groups is 1. The first kappa shape index (κ1) is 27.5. The summed E-state index contributed by atoms with van der Waals surface area (Å²) in [5, 5.41) is 21.3. The Labute approximate surface area is 226 Å². The van der Waals surface area contributed by atoms with Crippen molar-refractivity contribution in [2.24, 2.45) is 0 Å². The van der Waals surface area contributed by atoms with Gasteiger partial charge in [-0.2, -0.15) is 5.21 Å². The predicted octanol–water partition coefficient (Wildman–Crippen LogP) is 4.06. The van der Waals surface area contributed by atoms with E-state index >= 15 is 0 Å². The van der Waals surface area contributed by atoms with E-state index in [1.54, 1.807) is 36.4 Å². The molecular formula is C27H29N7O4S. The average Bonchev–Trinajstić information content (AvgIpc) is 3.40. The number of nitrogens with zero attached hydrogens (tertiary/aromatic N) is 3. The summed E-state index contributed by atoms with van der Waals surface area (Å²) in [6.45, 7) is 6.36. The van der Waals surface area contributed by atoms with Crippen molar-refractivity contribution in [1.29, 1.82) is 0 Å². The number of carbonyl (C=O) groups excluding carboxylic acids is 2. The molecular weight excluding hydrogens is 518 g/mol. The van der Waals surface area contributed by atoms with Gasteiger partial charge in [0, 0.05) is 17.5 Å². The zero-order valence-corrected chi connectivity index (χ0v) is 22.7. The molecule has 3 aromatic carbocycles. The molecule has 0 fully saturated rings. The summed E-state index contributed by atoms with van der Waals surface area (Å²) in [6, 6.07) is 19.7. The van der Waals surface area contributed by atoms with Crippen LogP contribution in [-0.2, 0) is 15.3 Å². The molecule has 202 valence electrons. The van der Waals surface area contributed by atoms with Crippen molar-refractivity contribution in [2.45, 2.75) is 37.1 Å². The van der Waals surface area contributed by atoms with Gasteiger partial charge in [-0.1, -0.05) is 68.3 Å². The van der Waals surface area contributed by atoms with Crippen LogP contribution in [0.15, 0.2) is 77.7 Å². The van der Waals surface area contributed by atoms with E-state index in [0.29, 0.717) is 11.3 Å². The number of carbonyl (C=O) groups is 2. The first-order valence-electron chi connectivity index (χ1n) is 12.0. The summed E-state index contributed by atoms with van der Waals surface area (Å²) < 4.78 is 23.8. The molecule has 4 rings (SSSR count). The number of aromatic nitrogens is 4. The van der Waals surface area contributed by atoms with Crippen molar-refractivity contribution in [3.05, 3.63) is 95.1 Å². The molecule has 4 N–H and O–H groups in total. The van der Waals surface area contributed by atoms with Gasteiger partial charge < -0.3 is 10.6 Å². The largest absolute Gasteiger partial charge is 0.327 e. The molecule has 0 aliphatic heterocycles. The molecule has 1 aromatic heterocycles. The summed E-state index contributed by atoms with van der Waals surface area (Å²) in [6.07, 6.45) is 1.11. The van der Waals surface area contributed by atoms with E-state index < -0.39 is 27.8 Å². The standard InChI is InChI=1S/C27H29N7O4S/c1-27(2,3)20-14-12-18(13-15-20)23(29-26(36)28-21-6-5-7-22(16-21)39(4,37)38)17-8-10-19(11-9-17)24(35)30-25-31-33-34-32-25/h5-16,23H,1-4H3,(H2,28,29,36)(H2,30,31,32,33,34,35). The molecule has 12 heteroatoms. The highest BCUT2D eigenvalue weighted by atomic mass is 32.2. The smallest absolute Gasteiger partial charge is 0.319 e. The minimum Gasteiger partial charge on any atom is -0.327 e. The Balaban J connectivity index is 1.59. The van der Waals surface area contributed by atoms with Crippen LogP contribution in [0.25, 0.3) is 0 Å². The highest BCUT2D eigenvalue weighted by Crippen LogP contribution is 2.27. The molecule has 11 nitrogen and oxygen atoms in total. The van der Waals surface area contributed by atoms with Crippen molar-refractivity contribution in [3.63, 3.8) is 0 Å². The number of nitrogens with one attached hydrogen (secondary N) is 4. The van der Waals surface area contributed by atoms with Crippen molar-refractivity contribution in [3.8, 4) is 0 Å². The third-order valence-electron chi connectivity index (χ3n) is 5.98. The topological polar surface area (TPSA) is 159 Å². The lowest BCUT2D eigenvalue weighted by Gasteiger charge is -2.23. The maximum absolute atomic E-state index is 13.1. The normalized spacial score (nSPS) is 12.4. The predicted molar refractivity (Wildman–Crippen MR) is 147 cm³/mol. The van der Waals surface area contributed by atoms with Gasteiger partial charge in [-0.05, 0) is 57.7 Å². The van der Waals surface area contributed by atoms with Crippen LogP contribution in [0.5, 0.6) is 0 Å². The quantitative estimate of drug-likeness (QED) is 0.271. The van der Waals surface area contributed by atoms with Crippen molar-refractivity contribution in [2.75, 3.05) is 16.9 Å².